The number of sulfone groups is 1. The fraction of sp³-hybridized carbons (Fsp3) is 0.647. The van der Waals surface area contributed by atoms with Crippen molar-refractivity contribution in [1.29, 1.82) is 0 Å². The second-order valence-electron chi connectivity index (χ2n) is 7.07. The van der Waals surface area contributed by atoms with Crippen LogP contribution in [-0.2, 0) is 9.84 Å². The van der Waals surface area contributed by atoms with Crippen LogP contribution in [0.15, 0.2) is 10.9 Å². The Labute approximate surface area is 147 Å². The van der Waals surface area contributed by atoms with Gasteiger partial charge < -0.3 is 9.88 Å². The van der Waals surface area contributed by atoms with Gasteiger partial charge in [-0.25, -0.2) is 8.42 Å². The van der Waals surface area contributed by atoms with Gasteiger partial charge in [0.2, 0.25) is 0 Å². The average Bonchev–Trinajstić information content (AvgIpc) is 2.86. The quantitative estimate of drug-likeness (QED) is 0.831. The molecule has 8 heteroatoms. The number of aryl methyl sites for hydroxylation is 2. The molecule has 3 rings (SSSR count). The molecule has 0 aliphatic carbocycles. The molecule has 2 aliphatic rings. The molecule has 2 atom stereocenters. The maximum atomic E-state index is 13.0. The van der Waals surface area contributed by atoms with E-state index in [1.807, 2.05) is 6.92 Å². The number of amides is 1. The molecule has 0 aromatic carbocycles. The molecular formula is C17H25N3O4S. The molecular weight excluding hydrogens is 342 g/mol. The highest BCUT2D eigenvalue weighted by Crippen LogP contribution is 2.28. The molecule has 2 aliphatic heterocycles. The zero-order valence-corrected chi connectivity index (χ0v) is 15.7. The summed E-state index contributed by atoms with van der Waals surface area (Å²) in [4.78, 5) is 31.7. The highest BCUT2D eigenvalue weighted by Gasteiger charge is 2.48. The summed E-state index contributed by atoms with van der Waals surface area (Å²) in [7, 11) is -3.18. The first kappa shape index (κ1) is 18.1. The molecule has 138 valence electrons. The topological polar surface area (TPSA) is 90.6 Å². The van der Waals surface area contributed by atoms with E-state index in [1.165, 1.54) is 0 Å². The highest BCUT2D eigenvalue weighted by molar-refractivity contribution is 7.91. The number of aromatic amines is 1. The lowest BCUT2D eigenvalue weighted by atomic mass is 10.0. The third-order valence-corrected chi connectivity index (χ3v) is 6.99. The van der Waals surface area contributed by atoms with Gasteiger partial charge in [0.25, 0.3) is 11.5 Å². The van der Waals surface area contributed by atoms with E-state index in [1.54, 1.807) is 17.9 Å². The van der Waals surface area contributed by atoms with Crippen LogP contribution in [0.2, 0.25) is 0 Å². The van der Waals surface area contributed by atoms with Gasteiger partial charge in [-0.05, 0) is 38.4 Å². The monoisotopic (exact) mass is 367 g/mol. The number of carbonyl (C=O) groups is 1. The third-order valence-electron chi connectivity index (χ3n) is 5.29. The number of hydrogen-bond donors (Lipinski definition) is 1. The predicted molar refractivity (Wildman–Crippen MR) is 95.7 cm³/mol. The minimum absolute atomic E-state index is 0.0215. The number of fused-ring (bicyclic) bond motifs is 1. The smallest absolute Gasteiger partial charge is 0.261 e. The van der Waals surface area contributed by atoms with Crippen LogP contribution >= 0.6 is 0 Å². The van der Waals surface area contributed by atoms with Crippen LogP contribution in [0.5, 0.6) is 0 Å². The minimum Gasteiger partial charge on any atom is -0.332 e. The van der Waals surface area contributed by atoms with E-state index in [9.17, 15) is 18.0 Å². The van der Waals surface area contributed by atoms with Gasteiger partial charge in [-0.2, -0.15) is 0 Å². The van der Waals surface area contributed by atoms with Crippen molar-refractivity contribution in [3.8, 4) is 0 Å². The van der Waals surface area contributed by atoms with E-state index < -0.39 is 15.4 Å². The van der Waals surface area contributed by atoms with E-state index in [-0.39, 0.29) is 35.1 Å². The first-order chi connectivity index (χ1) is 11.7. The number of nitrogens with one attached hydrogen (secondary N) is 1. The molecule has 2 fully saturated rings. The van der Waals surface area contributed by atoms with E-state index in [0.717, 1.165) is 24.2 Å². The van der Waals surface area contributed by atoms with Gasteiger partial charge in [0.1, 0.15) is 5.56 Å². The maximum absolute atomic E-state index is 13.0. The van der Waals surface area contributed by atoms with Crippen molar-refractivity contribution in [3.05, 3.63) is 33.2 Å². The molecule has 1 amide bonds. The molecule has 1 N–H and O–H groups in total. The number of H-pyrrole nitrogens is 1. The normalized spacial score (nSPS) is 25.8. The summed E-state index contributed by atoms with van der Waals surface area (Å²) in [6.45, 7) is 7.59. The van der Waals surface area contributed by atoms with Crippen LogP contribution in [-0.4, -0.2) is 72.3 Å². The fourth-order valence-corrected chi connectivity index (χ4v) is 5.89. The van der Waals surface area contributed by atoms with E-state index in [4.69, 9.17) is 0 Å². The molecule has 1 aromatic rings. The lowest BCUT2D eigenvalue weighted by molar-refractivity contribution is 0.0331. The average molecular weight is 367 g/mol. The Morgan fingerprint density at radius 3 is 2.60 bits per heavy atom. The Hall–Kier alpha value is -1.67. The first-order valence-electron chi connectivity index (χ1n) is 8.69. The van der Waals surface area contributed by atoms with Gasteiger partial charge in [-0.3, -0.25) is 14.5 Å². The van der Waals surface area contributed by atoms with Gasteiger partial charge in [0.15, 0.2) is 9.84 Å². The van der Waals surface area contributed by atoms with Crippen LogP contribution in [0.3, 0.4) is 0 Å². The van der Waals surface area contributed by atoms with Gasteiger partial charge in [0.05, 0.1) is 17.5 Å². The standard InChI is InChI=1S/C17H25N3O4S/c1-4-5-19-6-7-20(15-10-25(23,24)9-14(15)19)17(22)13-8-11(2)12(3)18-16(13)21/h8,14-15H,4-7,9-10H2,1-3H3,(H,18,21)/t14-,15+/m1/s1. The van der Waals surface area contributed by atoms with Crippen molar-refractivity contribution < 1.29 is 13.2 Å². The van der Waals surface area contributed by atoms with Gasteiger partial charge in [0, 0.05) is 24.8 Å². The number of pyridine rings is 1. The zero-order valence-electron chi connectivity index (χ0n) is 14.9. The largest absolute Gasteiger partial charge is 0.332 e. The summed E-state index contributed by atoms with van der Waals surface area (Å²) in [5.74, 6) is -0.301. The summed E-state index contributed by atoms with van der Waals surface area (Å²) < 4.78 is 24.4. The molecule has 1 aromatic heterocycles. The molecule has 0 bridgehead atoms. The molecule has 0 saturated carbocycles. The molecule has 3 heterocycles. The van der Waals surface area contributed by atoms with E-state index in [0.29, 0.717) is 13.1 Å². The SMILES string of the molecule is CCCN1CCN(C(=O)c2cc(C)c(C)[nH]c2=O)[C@H]2CS(=O)(=O)C[C@H]21. The summed E-state index contributed by atoms with van der Waals surface area (Å²) in [6, 6.07) is 1.06. The molecule has 0 radical (unpaired) electrons. The molecule has 0 unspecified atom stereocenters. The first-order valence-corrected chi connectivity index (χ1v) is 10.5. The number of nitrogens with zero attached hydrogens (tertiary/aromatic N) is 2. The number of rotatable bonds is 3. The lowest BCUT2D eigenvalue weighted by Gasteiger charge is -2.43. The van der Waals surface area contributed by atoms with Crippen molar-refractivity contribution in [2.75, 3.05) is 31.1 Å². The van der Waals surface area contributed by atoms with Crippen molar-refractivity contribution in [2.45, 2.75) is 39.3 Å². The number of carbonyl (C=O) groups excluding carboxylic acids is 1. The van der Waals surface area contributed by atoms with Crippen LogP contribution in [0.4, 0.5) is 0 Å². The Kier molecular flexibility index (Phi) is 4.76. The van der Waals surface area contributed by atoms with Gasteiger partial charge in [-0.15, -0.1) is 0 Å². The Bertz CT molecular complexity index is 846. The predicted octanol–water partition coefficient (Wildman–Crippen LogP) is 0.325. The Morgan fingerprint density at radius 2 is 1.92 bits per heavy atom. The molecule has 2 saturated heterocycles. The number of hydrogen-bond acceptors (Lipinski definition) is 5. The Morgan fingerprint density at radius 1 is 1.24 bits per heavy atom. The van der Waals surface area contributed by atoms with Crippen molar-refractivity contribution in [2.24, 2.45) is 0 Å². The lowest BCUT2D eigenvalue weighted by Crippen LogP contribution is -2.61. The third kappa shape index (κ3) is 3.37. The van der Waals surface area contributed by atoms with Crippen molar-refractivity contribution in [3.63, 3.8) is 0 Å². The van der Waals surface area contributed by atoms with Crippen LogP contribution in [0, 0.1) is 13.8 Å². The zero-order chi connectivity index (χ0) is 18.4. The summed E-state index contributed by atoms with van der Waals surface area (Å²) in [5, 5.41) is 0. The van der Waals surface area contributed by atoms with Crippen LogP contribution < -0.4 is 5.56 Å². The van der Waals surface area contributed by atoms with E-state index >= 15 is 0 Å². The molecule has 0 spiro atoms. The Balaban J connectivity index is 1.94. The molecule has 25 heavy (non-hydrogen) atoms. The summed E-state index contributed by atoms with van der Waals surface area (Å²) in [5.41, 5.74) is 1.25. The summed E-state index contributed by atoms with van der Waals surface area (Å²) >= 11 is 0. The second kappa shape index (κ2) is 6.57. The van der Waals surface area contributed by atoms with Crippen molar-refractivity contribution >= 4 is 15.7 Å². The number of piperazine rings is 1. The van der Waals surface area contributed by atoms with Crippen molar-refractivity contribution in [1.82, 2.24) is 14.8 Å². The van der Waals surface area contributed by atoms with E-state index in [2.05, 4.69) is 16.8 Å². The minimum atomic E-state index is -3.18. The van der Waals surface area contributed by atoms with Crippen LogP contribution in [0.25, 0.3) is 0 Å². The highest BCUT2D eigenvalue weighted by atomic mass is 32.2. The molecule has 7 nitrogen and oxygen atoms in total. The fourth-order valence-electron chi connectivity index (χ4n) is 3.88. The second-order valence-corrected chi connectivity index (χ2v) is 9.22. The van der Waals surface area contributed by atoms with Crippen LogP contribution in [0.1, 0.15) is 35.0 Å². The summed E-state index contributed by atoms with van der Waals surface area (Å²) in [6.07, 6.45) is 0.939. The number of aromatic nitrogens is 1. The maximum Gasteiger partial charge on any atom is 0.261 e. The van der Waals surface area contributed by atoms with Gasteiger partial charge in [-0.1, -0.05) is 6.92 Å². The van der Waals surface area contributed by atoms with Gasteiger partial charge >= 0.3 is 0 Å².